The largest absolute Gasteiger partial charge is 0.481 e. The van der Waals surface area contributed by atoms with E-state index in [1.165, 1.54) is 18.2 Å². The van der Waals surface area contributed by atoms with E-state index in [0.717, 1.165) is 37.0 Å². The highest BCUT2D eigenvalue weighted by Gasteiger charge is 2.22. The Balaban J connectivity index is 2.07. The third-order valence-electron chi connectivity index (χ3n) is 3.36. The van der Waals surface area contributed by atoms with Crippen molar-refractivity contribution in [3.8, 4) is 0 Å². The van der Waals surface area contributed by atoms with Gasteiger partial charge in [-0.25, -0.2) is 0 Å². The molecule has 0 spiro atoms. The maximum absolute atomic E-state index is 10.7. The summed E-state index contributed by atoms with van der Waals surface area (Å²) in [5.74, 6) is 0.767. The van der Waals surface area contributed by atoms with Gasteiger partial charge in [0.15, 0.2) is 5.16 Å². The van der Waals surface area contributed by atoms with Crippen LogP contribution in [0.5, 0.6) is 0 Å². The molecule has 1 N–H and O–H groups in total. The van der Waals surface area contributed by atoms with Crippen LogP contribution >= 0.6 is 11.8 Å². The molecule has 1 aliphatic heterocycles. The number of nitrogens with zero attached hydrogens (tertiary/aromatic N) is 4. The first-order valence-corrected chi connectivity index (χ1v) is 7.54. The molecule has 0 aliphatic carbocycles. The number of carboxylic acid groups (broad SMARTS) is 1. The number of thioether (sulfide) groups is 1. The van der Waals surface area contributed by atoms with Crippen molar-refractivity contribution in [1.82, 2.24) is 19.7 Å². The molecule has 7 heteroatoms. The molecule has 1 unspecified atom stereocenters. The summed E-state index contributed by atoms with van der Waals surface area (Å²) in [4.78, 5) is 13.0. The summed E-state index contributed by atoms with van der Waals surface area (Å²) in [6.07, 6.45) is 2.00. The molecule has 1 atom stereocenters. The van der Waals surface area contributed by atoms with Gasteiger partial charge in [0.2, 0.25) is 0 Å². The Kier molecular flexibility index (Phi) is 4.81. The van der Waals surface area contributed by atoms with Crippen LogP contribution in [0.2, 0.25) is 0 Å². The second-order valence-electron chi connectivity index (χ2n) is 4.96. The highest BCUT2D eigenvalue weighted by atomic mass is 32.2. The molecule has 0 saturated carbocycles. The summed E-state index contributed by atoms with van der Waals surface area (Å²) in [6, 6.07) is 0. The van der Waals surface area contributed by atoms with Gasteiger partial charge in [-0.3, -0.25) is 4.79 Å². The number of aliphatic carboxylic acids is 1. The van der Waals surface area contributed by atoms with Gasteiger partial charge in [-0.05, 0) is 25.9 Å². The summed E-state index contributed by atoms with van der Waals surface area (Å²) < 4.78 is 2.09. The quantitative estimate of drug-likeness (QED) is 0.785. The molecule has 1 fully saturated rings. The zero-order valence-electron chi connectivity index (χ0n) is 11.4. The Hall–Kier alpha value is -1.08. The molecule has 0 bridgehead atoms. The van der Waals surface area contributed by atoms with E-state index >= 15 is 0 Å². The fraction of sp³-hybridized carbons (Fsp3) is 0.750. The minimum atomic E-state index is -0.821. The number of hydrogen-bond acceptors (Lipinski definition) is 5. The van der Waals surface area contributed by atoms with Crippen molar-refractivity contribution in [3.05, 3.63) is 5.82 Å². The molecule has 106 valence electrons. The Morgan fingerprint density at radius 2 is 2.32 bits per heavy atom. The Morgan fingerprint density at radius 1 is 1.53 bits per heavy atom. The molecular weight excluding hydrogens is 264 g/mol. The molecule has 2 heterocycles. The highest BCUT2D eigenvalue weighted by molar-refractivity contribution is 7.99. The van der Waals surface area contributed by atoms with Crippen molar-refractivity contribution in [2.45, 2.75) is 31.5 Å². The van der Waals surface area contributed by atoms with E-state index in [1.807, 2.05) is 6.92 Å². The van der Waals surface area contributed by atoms with E-state index in [-0.39, 0.29) is 5.75 Å². The van der Waals surface area contributed by atoms with Gasteiger partial charge >= 0.3 is 5.97 Å². The van der Waals surface area contributed by atoms with Crippen LogP contribution in [-0.4, -0.2) is 56.6 Å². The number of likely N-dealkylation sites (tertiary alicyclic amines) is 1. The van der Waals surface area contributed by atoms with Crippen LogP contribution < -0.4 is 0 Å². The summed E-state index contributed by atoms with van der Waals surface area (Å²) in [7, 11) is 2.13. The SMILES string of the molecule is CCc1nnc(SCC(=O)O)n1CC1CCN(C)C1. The lowest BCUT2D eigenvalue weighted by Gasteiger charge is -2.14. The molecule has 0 amide bonds. The standard InChI is InChI=1S/C12H20N4O2S/c1-3-10-13-14-12(19-8-11(17)18)16(10)7-9-4-5-15(2)6-9/h9H,3-8H2,1-2H3,(H,17,18). The zero-order valence-corrected chi connectivity index (χ0v) is 12.2. The zero-order chi connectivity index (χ0) is 13.8. The van der Waals surface area contributed by atoms with Crippen LogP contribution in [-0.2, 0) is 17.8 Å². The van der Waals surface area contributed by atoms with Gasteiger partial charge in [-0.15, -0.1) is 10.2 Å². The number of carbonyl (C=O) groups is 1. The summed E-state index contributed by atoms with van der Waals surface area (Å²) >= 11 is 1.25. The maximum atomic E-state index is 10.7. The lowest BCUT2D eigenvalue weighted by molar-refractivity contribution is -0.133. The third kappa shape index (κ3) is 3.70. The second kappa shape index (κ2) is 6.38. The van der Waals surface area contributed by atoms with Crippen LogP contribution in [0.25, 0.3) is 0 Å². The first kappa shape index (κ1) is 14.3. The first-order valence-electron chi connectivity index (χ1n) is 6.55. The average molecular weight is 284 g/mol. The highest BCUT2D eigenvalue weighted by Crippen LogP contribution is 2.22. The lowest BCUT2D eigenvalue weighted by atomic mass is 10.1. The van der Waals surface area contributed by atoms with Gasteiger partial charge in [-0.2, -0.15) is 0 Å². The number of rotatable bonds is 6. The van der Waals surface area contributed by atoms with Crippen molar-refractivity contribution in [3.63, 3.8) is 0 Å². The molecule has 1 aliphatic rings. The van der Waals surface area contributed by atoms with Crippen LogP contribution in [0, 0.1) is 5.92 Å². The van der Waals surface area contributed by atoms with E-state index in [9.17, 15) is 4.79 Å². The molecule has 0 aromatic carbocycles. The summed E-state index contributed by atoms with van der Waals surface area (Å²) in [5.41, 5.74) is 0. The molecule has 1 aromatic heterocycles. The van der Waals surface area contributed by atoms with Crippen LogP contribution in [0.1, 0.15) is 19.2 Å². The minimum absolute atomic E-state index is 0.0341. The van der Waals surface area contributed by atoms with Gasteiger partial charge in [0.05, 0.1) is 5.75 Å². The molecule has 6 nitrogen and oxygen atoms in total. The molecule has 1 aromatic rings. The van der Waals surface area contributed by atoms with Gasteiger partial charge in [0.1, 0.15) is 5.82 Å². The van der Waals surface area contributed by atoms with Crippen molar-refractivity contribution in [1.29, 1.82) is 0 Å². The van der Waals surface area contributed by atoms with Gasteiger partial charge in [0, 0.05) is 19.5 Å². The monoisotopic (exact) mass is 284 g/mol. The van der Waals surface area contributed by atoms with E-state index in [1.54, 1.807) is 0 Å². The predicted octanol–water partition coefficient (Wildman–Crippen LogP) is 0.969. The fourth-order valence-electron chi connectivity index (χ4n) is 2.43. The molecular formula is C12H20N4O2S. The van der Waals surface area contributed by atoms with E-state index in [2.05, 4.69) is 26.7 Å². The van der Waals surface area contributed by atoms with Crippen molar-refractivity contribution >= 4 is 17.7 Å². The van der Waals surface area contributed by atoms with Gasteiger partial charge < -0.3 is 14.6 Å². The lowest BCUT2D eigenvalue weighted by Crippen LogP contribution is -2.18. The molecule has 2 rings (SSSR count). The van der Waals surface area contributed by atoms with Crippen LogP contribution in [0.4, 0.5) is 0 Å². The van der Waals surface area contributed by atoms with E-state index < -0.39 is 5.97 Å². The number of hydrogen-bond donors (Lipinski definition) is 1. The average Bonchev–Trinajstić information content (AvgIpc) is 2.94. The van der Waals surface area contributed by atoms with Crippen molar-refractivity contribution < 1.29 is 9.90 Å². The fourth-order valence-corrected chi connectivity index (χ4v) is 3.12. The third-order valence-corrected chi connectivity index (χ3v) is 4.32. The maximum Gasteiger partial charge on any atom is 0.313 e. The topological polar surface area (TPSA) is 71.2 Å². The first-order chi connectivity index (χ1) is 9.10. The van der Waals surface area contributed by atoms with Crippen LogP contribution in [0.3, 0.4) is 0 Å². The second-order valence-corrected chi connectivity index (χ2v) is 5.90. The smallest absolute Gasteiger partial charge is 0.313 e. The van der Waals surface area contributed by atoms with Crippen molar-refractivity contribution in [2.75, 3.05) is 25.9 Å². The number of aromatic nitrogens is 3. The summed E-state index contributed by atoms with van der Waals surface area (Å²) in [6.45, 7) is 5.16. The Morgan fingerprint density at radius 3 is 2.89 bits per heavy atom. The van der Waals surface area contributed by atoms with Gasteiger partial charge in [-0.1, -0.05) is 18.7 Å². The number of carboxylic acids is 1. The molecule has 0 radical (unpaired) electrons. The summed E-state index contributed by atoms with van der Waals surface area (Å²) in [5, 5.41) is 17.8. The van der Waals surface area contributed by atoms with Gasteiger partial charge in [0.25, 0.3) is 0 Å². The number of aryl methyl sites for hydroxylation is 1. The Bertz CT molecular complexity index is 449. The van der Waals surface area contributed by atoms with E-state index in [4.69, 9.17) is 5.11 Å². The minimum Gasteiger partial charge on any atom is -0.481 e. The molecule has 19 heavy (non-hydrogen) atoms. The van der Waals surface area contributed by atoms with Crippen LogP contribution in [0.15, 0.2) is 5.16 Å². The van der Waals surface area contributed by atoms with E-state index in [0.29, 0.717) is 5.92 Å². The Labute approximate surface area is 117 Å². The van der Waals surface area contributed by atoms with Crippen molar-refractivity contribution in [2.24, 2.45) is 5.92 Å². The molecule has 1 saturated heterocycles. The normalized spacial score (nSPS) is 20.0. The predicted molar refractivity (Wildman–Crippen MR) is 73.4 cm³/mol.